The quantitative estimate of drug-likeness (QED) is 0.281. The standard InChI is InChI=1S/C9H17NO4.C7H11NO3/c1-13-9(14-2)8-5-3-4-7(8)6-10(11)12;9-5-7-3-1-2-6(7)4-8(10)11/h7-9H,3-6H2,1-2H3;5-7H,1-4H2/t7-,8+;6-,7-/m00/s1. The van der Waals surface area contributed by atoms with Crippen LogP contribution in [0.5, 0.6) is 0 Å². The Labute approximate surface area is 147 Å². The Morgan fingerprint density at radius 1 is 0.960 bits per heavy atom. The predicted molar refractivity (Wildman–Crippen MR) is 89.3 cm³/mol. The highest BCUT2D eigenvalue weighted by atomic mass is 16.7. The van der Waals surface area contributed by atoms with Gasteiger partial charge in [0.1, 0.15) is 6.29 Å². The molecule has 0 amide bonds. The normalized spacial score (nSPS) is 28.4. The molecule has 0 saturated heterocycles. The van der Waals surface area contributed by atoms with Crippen LogP contribution in [0, 0.1) is 43.9 Å². The second-order valence-electron chi connectivity index (χ2n) is 6.72. The van der Waals surface area contributed by atoms with Gasteiger partial charge >= 0.3 is 0 Å². The van der Waals surface area contributed by atoms with E-state index in [1.165, 1.54) is 0 Å². The molecule has 0 heterocycles. The minimum Gasteiger partial charge on any atom is -0.356 e. The molecule has 0 N–H and O–H groups in total. The first-order chi connectivity index (χ1) is 11.9. The molecule has 144 valence electrons. The smallest absolute Gasteiger partial charge is 0.207 e. The van der Waals surface area contributed by atoms with Crippen molar-refractivity contribution in [2.45, 2.75) is 44.8 Å². The molecule has 0 bridgehead atoms. The van der Waals surface area contributed by atoms with Crippen LogP contribution in [0.3, 0.4) is 0 Å². The van der Waals surface area contributed by atoms with E-state index in [9.17, 15) is 25.0 Å². The summed E-state index contributed by atoms with van der Waals surface area (Å²) < 4.78 is 10.3. The summed E-state index contributed by atoms with van der Waals surface area (Å²) >= 11 is 0. The van der Waals surface area contributed by atoms with Gasteiger partial charge in [0.2, 0.25) is 13.1 Å². The maximum absolute atomic E-state index is 10.4. The number of hydrogen-bond acceptors (Lipinski definition) is 7. The third kappa shape index (κ3) is 7.03. The summed E-state index contributed by atoms with van der Waals surface area (Å²) in [6, 6.07) is 0. The van der Waals surface area contributed by atoms with Crippen molar-refractivity contribution >= 4 is 6.29 Å². The van der Waals surface area contributed by atoms with Gasteiger partial charge in [0.15, 0.2) is 6.29 Å². The second kappa shape index (κ2) is 11.1. The molecule has 2 saturated carbocycles. The lowest BCUT2D eigenvalue weighted by Gasteiger charge is -2.24. The number of nitro groups is 2. The van der Waals surface area contributed by atoms with Gasteiger partial charge in [-0.2, -0.15) is 0 Å². The largest absolute Gasteiger partial charge is 0.356 e. The van der Waals surface area contributed by atoms with Crippen molar-refractivity contribution in [2.24, 2.45) is 23.7 Å². The summed E-state index contributed by atoms with van der Waals surface area (Å²) in [4.78, 5) is 30.3. The van der Waals surface area contributed by atoms with Gasteiger partial charge in [-0.1, -0.05) is 12.8 Å². The molecule has 2 rings (SSSR count). The van der Waals surface area contributed by atoms with Crippen LogP contribution < -0.4 is 0 Å². The fraction of sp³-hybridized carbons (Fsp3) is 0.938. The molecule has 2 aliphatic carbocycles. The van der Waals surface area contributed by atoms with Crippen molar-refractivity contribution in [3.8, 4) is 0 Å². The summed E-state index contributed by atoms with van der Waals surface area (Å²) in [6.07, 6.45) is 6.11. The van der Waals surface area contributed by atoms with Crippen LogP contribution in [0.15, 0.2) is 0 Å². The number of methoxy groups -OCH3 is 2. The first kappa shape index (κ1) is 21.4. The fourth-order valence-corrected chi connectivity index (χ4v) is 3.95. The number of rotatable bonds is 8. The Morgan fingerprint density at radius 3 is 2.00 bits per heavy atom. The van der Waals surface area contributed by atoms with Crippen LogP contribution in [-0.2, 0) is 14.3 Å². The molecule has 0 aromatic heterocycles. The van der Waals surface area contributed by atoms with Crippen molar-refractivity contribution < 1.29 is 24.1 Å². The van der Waals surface area contributed by atoms with E-state index in [-0.39, 0.29) is 52.9 Å². The van der Waals surface area contributed by atoms with Crippen LogP contribution in [0.25, 0.3) is 0 Å². The van der Waals surface area contributed by atoms with Gasteiger partial charge in [0.25, 0.3) is 0 Å². The molecule has 4 atom stereocenters. The number of ether oxygens (including phenoxy) is 2. The lowest BCUT2D eigenvalue weighted by Crippen LogP contribution is -2.31. The van der Waals surface area contributed by atoms with E-state index < -0.39 is 0 Å². The van der Waals surface area contributed by atoms with Crippen molar-refractivity contribution in [3.05, 3.63) is 20.2 Å². The van der Waals surface area contributed by atoms with Crippen LogP contribution in [0.1, 0.15) is 38.5 Å². The maximum atomic E-state index is 10.4. The number of aldehydes is 1. The molecule has 9 nitrogen and oxygen atoms in total. The van der Waals surface area contributed by atoms with E-state index in [1.54, 1.807) is 14.2 Å². The first-order valence-electron chi connectivity index (χ1n) is 8.67. The molecule has 2 fully saturated rings. The zero-order valence-electron chi connectivity index (χ0n) is 14.9. The van der Waals surface area contributed by atoms with E-state index in [2.05, 4.69) is 0 Å². The molecule has 0 aliphatic heterocycles. The first-order valence-corrected chi connectivity index (χ1v) is 8.67. The van der Waals surface area contributed by atoms with Crippen molar-refractivity contribution in [3.63, 3.8) is 0 Å². The third-order valence-corrected chi connectivity index (χ3v) is 5.19. The minimum atomic E-state index is -0.327. The highest BCUT2D eigenvalue weighted by molar-refractivity contribution is 5.54. The van der Waals surface area contributed by atoms with Gasteiger partial charge in [0, 0.05) is 47.7 Å². The Morgan fingerprint density at radius 2 is 1.48 bits per heavy atom. The maximum Gasteiger partial charge on any atom is 0.207 e. The molecule has 0 aromatic rings. The summed E-state index contributed by atoms with van der Waals surface area (Å²) in [6.45, 7) is -0.00269. The number of carbonyl (C=O) groups is 1. The third-order valence-electron chi connectivity index (χ3n) is 5.19. The van der Waals surface area contributed by atoms with E-state index in [4.69, 9.17) is 9.47 Å². The highest BCUT2D eigenvalue weighted by Gasteiger charge is 2.37. The van der Waals surface area contributed by atoms with Crippen molar-refractivity contribution in [2.75, 3.05) is 27.3 Å². The molecule has 2 aliphatic rings. The molecule has 0 aromatic carbocycles. The second-order valence-corrected chi connectivity index (χ2v) is 6.72. The van der Waals surface area contributed by atoms with Gasteiger partial charge < -0.3 is 14.3 Å². The average Bonchev–Trinajstić information content (AvgIpc) is 3.18. The SMILES string of the molecule is COC(OC)[C@@H]1CCC[C@H]1C[N+](=O)[O-].O=C[C@@H]1CCC[C@H]1C[N+](=O)[O-]. The van der Waals surface area contributed by atoms with E-state index in [0.717, 1.165) is 44.8 Å². The van der Waals surface area contributed by atoms with Crippen molar-refractivity contribution in [1.29, 1.82) is 0 Å². The van der Waals surface area contributed by atoms with Crippen molar-refractivity contribution in [1.82, 2.24) is 0 Å². The van der Waals surface area contributed by atoms with Crippen LogP contribution in [0.4, 0.5) is 0 Å². The molecule has 25 heavy (non-hydrogen) atoms. The minimum absolute atomic E-state index is 0.00231. The Hall–Kier alpha value is -1.61. The fourth-order valence-electron chi connectivity index (χ4n) is 3.95. The molecule has 0 radical (unpaired) electrons. The highest BCUT2D eigenvalue weighted by Crippen LogP contribution is 2.35. The Bertz CT molecular complexity index is 442. The molecule has 9 heteroatoms. The monoisotopic (exact) mass is 360 g/mol. The zero-order valence-corrected chi connectivity index (χ0v) is 14.9. The van der Waals surface area contributed by atoms with Crippen LogP contribution >= 0.6 is 0 Å². The molecular weight excluding hydrogens is 332 g/mol. The van der Waals surface area contributed by atoms with Crippen LogP contribution in [-0.4, -0.2) is 49.7 Å². The average molecular weight is 360 g/mol. The van der Waals surface area contributed by atoms with Gasteiger partial charge in [0.05, 0.1) is 0 Å². The Kier molecular flexibility index (Phi) is 9.51. The van der Waals surface area contributed by atoms with Gasteiger partial charge in [-0.15, -0.1) is 0 Å². The summed E-state index contributed by atoms with van der Waals surface area (Å²) in [5, 5.41) is 20.5. The summed E-state index contributed by atoms with van der Waals surface area (Å²) in [7, 11) is 3.16. The number of carbonyl (C=O) groups excluding carboxylic acids is 1. The topological polar surface area (TPSA) is 122 Å². The predicted octanol–water partition coefficient (Wildman–Crippen LogP) is 2.18. The number of nitrogens with zero attached hydrogens (tertiary/aromatic N) is 2. The van der Waals surface area contributed by atoms with E-state index in [0.29, 0.717) is 0 Å². The van der Waals surface area contributed by atoms with Gasteiger partial charge in [-0.05, 0) is 25.7 Å². The lowest BCUT2D eigenvalue weighted by atomic mass is 9.95. The molecular formula is C16H28N2O7. The Balaban J connectivity index is 0.000000257. The lowest BCUT2D eigenvalue weighted by molar-refractivity contribution is -0.490. The van der Waals surface area contributed by atoms with E-state index >= 15 is 0 Å². The van der Waals surface area contributed by atoms with E-state index in [1.807, 2.05) is 0 Å². The zero-order chi connectivity index (χ0) is 18.8. The number of hydrogen-bond donors (Lipinski definition) is 0. The van der Waals surface area contributed by atoms with Gasteiger partial charge in [-0.3, -0.25) is 20.2 Å². The van der Waals surface area contributed by atoms with Gasteiger partial charge in [-0.25, -0.2) is 0 Å². The molecule has 0 spiro atoms. The molecule has 0 unspecified atom stereocenters. The summed E-state index contributed by atoms with van der Waals surface area (Å²) in [5.74, 6) is 0.230. The van der Waals surface area contributed by atoms with Crippen LogP contribution in [0.2, 0.25) is 0 Å². The summed E-state index contributed by atoms with van der Waals surface area (Å²) in [5.41, 5.74) is 0.